The minimum atomic E-state index is -4.93. The summed E-state index contributed by atoms with van der Waals surface area (Å²) in [4.78, 5) is 32.6. The molecule has 12 atom stereocenters. The van der Waals surface area contributed by atoms with Crippen LogP contribution in [-0.2, 0) is 58.1 Å². The number of carbonyl (C=O) groups is 2. The number of hydrogen-bond acceptors (Lipinski definition) is 26. The number of esters is 2. The predicted octanol–water partition coefficient (Wildman–Crippen LogP) is 6.00. The molecule has 38 heteroatoms. The van der Waals surface area contributed by atoms with E-state index in [0.717, 1.165) is 13.2 Å². The first-order valence-electron chi connectivity index (χ1n) is 32.0. The second kappa shape index (κ2) is 40.1. The Morgan fingerprint density at radius 2 is 1.08 bits per heavy atom. The van der Waals surface area contributed by atoms with Gasteiger partial charge in [0.1, 0.15) is 90.0 Å². The van der Waals surface area contributed by atoms with Crippen molar-refractivity contribution in [3.63, 3.8) is 0 Å². The van der Waals surface area contributed by atoms with Gasteiger partial charge in [0.25, 0.3) is 0 Å². The number of fused-ring (bicyclic) bond motifs is 2. The summed E-state index contributed by atoms with van der Waals surface area (Å²) >= 11 is 0. The number of aliphatic hydroxyl groups excluding tert-OH is 5. The van der Waals surface area contributed by atoms with Gasteiger partial charge in [0.05, 0.1) is 49.9 Å². The second-order valence-corrected chi connectivity index (χ2v) is 30.3. The molecule has 0 spiro atoms. The Kier molecular flexibility index (Phi) is 35.1. The average Bonchev–Trinajstić information content (AvgIpc) is 1.59. The summed E-state index contributed by atoms with van der Waals surface area (Å²) in [5.41, 5.74) is 8.18. The standard InChI is InChI=1S/C27H34N5O8P.C20H21F5NO5P.C12H13N5O4.C4H8O.C4H9.CH4.ClH.Mg/c1-17(25(35)37-15-26(2,3)4)13-41(36,40-18-8-6-5-7-9-18)38-12-20-22(33)23(34)27(14-28,39-20)21-11-10-19-24(29)30-16-31-32(19)21;1-11(19(27)29-10-20(2,3)4)26-32(28,30-12-8-6-5-7-9-12)31-18-16(24)14(22)13(21)15(23)17(18)25;13-4-12(10(20)9(19)7(3-18)21-12)8-2-1-6-11(14)15-5-16-17(6)8;1-2-4-5-3-1;1-4(2)3;;;/h5-11,16-17,20,22-23,33-34H,12-13,15H2,1-4H3,(H2,29,30,31);5-9,11H,10H2,1-4H3,(H,26,28);1-2,5,7,9-10,18-20H,3H2,(H2,14,15,16);1-4H2;1-3H3;1H4;1H;/q;;;;-1;;;+2/p-1/t17-,20-,22-,23-,27+,41+;11-,32-;7-,9-,10-,12+;;;;;/m101...../s1. The maximum atomic E-state index is 14.1. The third-order valence-corrected chi connectivity index (χ3v) is 18.3. The van der Waals surface area contributed by atoms with Gasteiger partial charge in [-0.25, -0.2) is 41.3 Å². The van der Waals surface area contributed by atoms with Crippen molar-refractivity contribution in [1.82, 2.24) is 34.3 Å². The summed E-state index contributed by atoms with van der Waals surface area (Å²) in [6.07, 6.45) is -4.02. The maximum absolute atomic E-state index is 14.1. The van der Waals surface area contributed by atoms with E-state index in [1.807, 2.05) is 32.9 Å². The smallest absolute Gasteiger partial charge is 1.00 e. The van der Waals surface area contributed by atoms with Crippen LogP contribution in [-0.4, -0.2) is 178 Å². The number of nitrogens with one attached hydrogen (secondary N) is 1. The van der Waals surface area contributed by atoms with E-state index in [1.54, 1.807) is 76.2 Å². The molecule has 10 N–H and O–H groups in total. The van der Waals surface area contributed by atoms with Gasteiger partial charge in [0, 0.05) is 13.2 Å². The summed E-state index contributed by atoms with van der Waals surface area (Å²) in [6, 6.07) is 23.9. The van der Waals surface area contributed by atoms with Gasteiger partial charge in [-0.1, -0.05) is 92.3 Å². The van der Waals surface area contributed by atoms with Gasteiger partial charge in [-0.05, 0) is 79.1 Å². The number of halogens is 6. The number of nitrogens with two attached hydrogens (primary N) is 2. The molecule has 0 aliphatic carbocycles. The zero-order valence-electron chi connectivity index (χ0n) is 59.4. The minimum Gasteiger partial charge on any atom is -1.00 e. The quantitative estimate of drug-likeness (QED) is 0.00824. The molecule has 29 nitrogen and oxygen atoms in total. The van der Waals surface area contributed by atoms with E-state index < -0.39 is 141 Å². The van der Waals surface area contributed by atoms with Crippen LogP contribution in [0.1, 0.15) is 108 Å². The molecule has 3 saturated heterocycles. The van der Waals surface area contributed by atoms with Crippen LogP contribution >= 0.6 is 15.3 Å². The minimum absolute atomic E-state index is 0. The molecule has 0 amide bonds. The summed E-state index contributed by atoms with van der Waals surface area (Å²) < 4.78 is 146. The first kappa shape index (κ1) is 92.8. The molecule has 3 aliphatic rings. The molecule has 3 aliphatic heterocycles. The van der Waals surface area contributed by atoms with Crippen molar-refractivity contribution in [3.8, 4) is 29.4 Å². The number of carbonyl (C=O) groups excluding carboxylic acids is 2. The van der Waals surface area contributed by atoms with Crippen LogP contribution in [0.25, 0.3) is 11.0 Å². The fraction of sp³-hybridized carbons (Fsp3) is 0.485. The first-order chi connectivity index (χ1) is 48.3. The number of aliphatic hydroxyl groups is 5. The monoisotopic (exact) mass is 1560 g/mol. The van der Waals surface area contributed by atoms with Crippen LogP contribution in [0, 0.1) is 74.4 Å². The topological polar surface area (TPSA) is 425 Å². The Balaban J connectivity index is 0.000000398. The summed E-state index contributed by atoms with van der Waals surface area (Å²) in [6.45, 7) is 21.2. The molecule has 0 bridgehead atoms. The Bertz CT molecular complexity index is 4160. The third-order valence-electron chi connectivity index (χ3n) is 14.7. The number of hydrogen-bond donors (Lipinski definition) is 8. The number of benzene rings is 3. The van der Waals surface area contributed by atoms with E-state index in [-0.39, 0.29) is 102 Å². The maximum Gasteiger partial charge on any atom is 2.00 e. The molecular weight excluding hydrogens is 1480 g/mol. The number of nitriles is 2. The van der Waals surface area contributed by atoms with Crippen molar-refractivity contribution in [2.75, 3.05) is 57.3 Å². The largest absolute Gasteiger partial charge is 2.00 e. The fourth-order valence-corrected chi connectivity index (χ4v) is 13.0. The van der Waals surface area contributed by atoms with Crippen LogP contribution in [0.5, 0.6) is 17.2 Å². The zero-order valence-corrected chi connectivity index (χ0v) is 63.3. The molecule has 3 aromatic carbocycles. The number of rotatable bonds is 20. The predicted molar refractivity (Wildman–Crippen MR) is 373 cm³/mol. The zero-order chi connectivity index (χ0) is 76.6. The number of anilines is 2. The van der Waals surface area contributed by atoms with Crippen molar-refractivity contribution in [1.29, 1.82) is 10.5 Å². The average molecular weight is 1570 g/mol. The van der Waals surface area contributed by atoms with Crippen molar-refractivity contribution >= 4 is 73.0 Å². The van der Waals surface area contributed by atoms with Gasteiger partial charge in [-0.15, -0.1) is 0 Å². The van der Waals surface area contributed by atoms with Crippen molar-refractivity contribution in [2.24, 2.45) is 16.7 Å². The number of ether oxygens (including phenoxy) is 5. The van der Waals surface area contributed by atoms with Gasteiger partial charge in [-0.3, -0.25) is 14.1 Å². The van der Waals surface area contributed by atoms with Crippen molar-refractivity contribution < 1.29 is 120 Å². The van der Waals surface area contributed by atoms with E-state index >= 15 is 0 Å². The van der Waals surface area contributed by atoms with Crippen LogP contribution in [0.3, 0.4) is 0 Å². The third kappa shape index (κ3) is 23.8. The fourth-order valence-electron chi connectivity index (χ4n) is 9.59. The molecule has 3 fully saturated rings. The molecule has 0 radical (unpaired) electrons. The summed E-state index contributed by atoms with van der Waals surface area (Å²) in [7, 11) is -9.00. The number of nitrogen functional groups attached to an aromatic ring is 2. The van der Waals surface area contributed by atoms with Crippen molar-refractivity contribution in [3.05, 3.63) is 144 Å². The van der Waals surface area contributed by atoms with Crippen molar-refractivity contribution in [2.45, 2.75) is 150 Å². The van der Waals surface area contributed by atoms with Gasteiger partial charge in [-0.2, -0.15) is 55.4 Å². The number of nitrogens with zero attached hydrogens (tertiary/aromatic N) is 8. The normalized spacial score (nSPS) is 21.8. The summed E-state index contributed by atoms with van der Waals surface area (Å²) in [5.74, 6) is -14.1. The second-order valence-electron chi connectivity index (χ2n) is 26.7. The van der Waals surface area contributed by atoms with Gasteiger partial charge >= 0.3 is 50.3 Å². The van der Waals surface area contributed by atoms with E-state index in [2.05, 4.69) is 50.5 Å². The van der Waals surface area contributed by atoms with Gasteiger partial charge in [0.15, 0.2) is 11.6 Å². The van der Waals surface area contributed by atoms with Gasteiger partial charge in [0.2, 0.25) is 46.0 Å². The Hall–Kier alpha value is -7.41. The number of aromatic nitrogens is 6. The van der Waals surface area contributed by atoms with Crippen LogP contribution in [0.4, 0.5) is 33.6 Å². The molecular formula is C68H89ClF5MgN11O18P2. The molecule has 7 heterocycles. The SMILES string of the molecule is C.C1CCOC1.C[C-](C)C.C[C@H](C[P@](=O)(OC[C@H]1O[C@@](C#N)(c2ccc3c(N)ncnn23)[C@H](O)[C@@H]1O)Oc1ccccc1)C(=O)OCC(C)(C)C.C[C@H](N[P@](=O)(Oc1ccccc1)Oc1c(F)c(F)c(F)c(F)c1F)C(=O)OCC(C)(C)C.N#C[C@@]1(c2ccc3c(N)ncnn23)O[C@H](CO)[C@@H](O)[C@H]1O.[Cl-].[Mg+2]. The van der Waals surface area contributed by atoms with Crippen LogP contribution in [0.15, 0.2) is 97.6 Å². The van der Waals surface area contributed by atoms with Crippen LogP contribution < -0.4 is 42.5 Å². The Morgan fingerprint density at radius 3 is 1.48 bits per heavy atom. The molecule has 106 heavy (non-hydrogen) atoms. The van der Waals surface area contributed by atoms with E-state index in [9.17, 15) is 76.7 Å². The first-order valence-corrected chi connectivity index (χ1v) is 35.3. The molecule has 0 unspecified atom stereocenters. The molecule has 0 saturated carbocycles. The Labute approximate surface area is 632 Å². The molecule has 7 aromatic rings. The number of para-hydroxylation sites is 2. The van der Waals surface area contributed by atoms with E-state index in [1.165, 1.54) is 83.8 Å². The molecule has 4 aromatic heterocycles. The Morgan fingerprint density at radius 1 is 0.679 bits per heavy atom. The molecule has 578 valence electrons. The van der Waals surface area contributed by atoms with E-state index in [0.29, 0.717) is 11.0 Å². The van der Waals surface area contributed by atoms with Crippen LogP contribution in [0.2, 0.25) is 0 Å². The van der Waals surface area contributed by atoms with E-state index in [4.69, 9.17) is 48.7 Å². The van der Waals surface area contributed by atoms with Gasteiger partial charge < -0.3 is 92.6 Å². The molecule has 10 rings (SSSR count). The summed E-state index contributed by atoms with van der Waals surface area (Å²) in [5, 5.41) is 81.0.